The van der Waals surface area contributed by atoms with E-state index < -0.39 is 6.10 Å². The van der Waals surface area contributed by atoms with Crippen LogP contribution in [-0.4, -0.2) is 11.2 Å². The first kappa shape index (κ1) is 18.4. The molecule has 3 aromatic carbocycles. The number of rotatable bonds is 9. The summed E-state index contributed by atoms with van der Waals surface area (Å²) in [5.41, 5.74) is 3.40. The van der Waals surface area contributed by atoms with Gasteiger partial charge in [0.1, 0.15) is 0 Å². The van der Waals surface area contributed by atoms with Crippen molar-refractivity contribution in [3.63, 3.8) is 0 Å². The van der Waals surface area contributed by atoms with Gasteiger partial charge in [-0.15, -0.1) is 0 Å². The van der Waals surface area contributed by atoms with Crippen LogP contribution in [0.5, 0.6) is 0 Å². The Morgan fingerprint density at radius 1 is 0.692 bits per heavy atom. The molecule has 0 unspecified atom stereocenters. The number of ether oxygens (including phenoxy) is 1. The molecule has 0 bridgehead atoms. The molecule has 1 N–H and O–H groups in total. The van der Waals surface area contributed by atoms with Crippen molar-refractivity contribution < 1.29 is 9.84 Å². The van der Waals surface area contributed by atoms with Crippen LogP contribution in [0.25, 0.3) is 0 Å². The molecule has 0 aliphatic heterocycles. The maximum Gasteiger partial charge on any atom is 0.0814 e. The van der Waals surface area contributed by atoms with Crippen LogP contribution in [0.3, 0.4) is 0 Å². The molecule has 0 aliphatic carbocycles. The van der Waals surface area contributed by atoms with Crippen LogP contribution in [0, 0.1) is 0 Å². The molecule has 0 saturated heterocycles. The van der Waals surface area contributed by atoms with E-state index in [0.29, 0.717) is 13.0 Å². The highest BCUT2D eigenvalue weighted by Gasteiger charge is 2.17. The molecular weight excluding hydrogens is 320 g/mol. The number of hydrogen-bond acceptors (Lipinski definition) is 2. The van der Waals surface area contributed by atoms with Gasteiger partial charge < -0.3 is 9.84 Å². The quantitative estimate of drug-likeness (QED) is 0.567. The fourth-order valence-corrected chi connectivity index (χ4v) is 3.09. The fourth-order valence-electron chi connectivity index (χ4n) is 3.09. The Hall–Kier alpha value is -2.42. The highest BCUT2D eigenvalue weighted by atomic mass is 16.5. The first-order chi connectivity index (χ1) is 12.8. The molecule has 0 spiro atoms. The number of hydrogen-bond donors (Lipinski definition) is 1. The summed E-state index contributed by atoms with van der Waals surface area (Å²) in [7, 11) is 0. The lowest BCUT2D eigenvalue weighted by Crippen LogP contribution is -2.18. The molecule has 0 saturated carbocycles. The van der Waals surface area contributed by atoms with Crippen LogP contribution in [0.1, 0.15) is 35.6 Å². The van der Waals surface area contributed by atoms with Gasteiger partial charge in [0.15, 0.2) is 0 Å². The highest BCUT2D eigenvalue weighted by molar-refractivity contribution is 5.18. The average molecular weight is 346 g/mol. The summed E-state index contributed by atoms with van der Waals surface area (Å²) in [6.07, 6.45) is 1.94. The van der Waals surface area contributed by atoms with Gasteiger partial charge in [0.25, 0.3) is 0 Å². The molecule has 0 radical (unpaired) electrons. The monoisotopic (exact) mass is 346 g/mol. The van der Waals surface area contributed by atoms with E-state index in [0.717, 1.165) is 24.0 Å². The minimum atomic E-state index is -0.507. The van der Waals surface area contributed by atoms with Crippen molar-refractivity contribution >= 4 is 0 Å². The average Bonchev–Trinajstić information content (AvgIpc) is 2.72. The molecule has 0 fully saturated rings. The van der Waals surface area contributed by atoms with Gasteiger partial charge in [0, 0.05) is 6.42 Å². The second-order valence-corrected chi connectivity index (χ2v) is 6.61. The van der Waals surface area contributed by atoms with E-state index in [1.807, 2.05) is 54.6 Å². The summed E-state index contributed by atoms with van der Waals surface area (Å²) in [4.78, 5) is 0. The summed E-state index contributed by atoms with van der Waals surface area (Å²) in [6, 6.07) is 30.5. The van der Waals surface area contributed by atoms with E-state index in [-0.39, 0.29) is 6.10 Å². The first-order valence-electron chi connectivity index (χ1n) is 9.24. The predicted molar refractivity (Wildman–Crippen MR) is 106 cm³/mol. The third-order valence-corrected chi connectivity index (χ3v) is 4.60. The maximum absolute atomic E-state index is 10.6. The minimum Gasteiger partial charge on any atom is -0.388 e. The van der Waals surface area contributed by atoms with Gasteiger partial charge in [-0.2, -0.15) is 0 Å². The zero-order valence-electron chi connectivity index (χ0n) is 15.0. The van der Waals surface area contributed by atoms with Crippen LogP contribution in [0.4, 0.5) is 0 Å². The number of aliphatic hydroxyl groups excluding tert-OH is 1. The van der Waals surface area contributed by atoms with Gasteiger partial charge in [-0.3, -0.25) is 0 Å². The lowest BCUT2D eigenvalue weighted by molar-refractivity contribution is -0.000998. The lowest BCUT2D eigenvalue weighted by Gasteiger charge is -2.21. The summed E-state index contributed by atoms with van der Waals surface area (Å²) in [6.45, 7) is 0.571. The third kappa shape index (κ3) is 5.83. The smallest absolute Gasteiger partial charge is 0.0814 e. The number of aryl methyl sites for hydroxylation is 1. The lowest BCUT2D eigenvalue weighted by atomic mass is 9.99. The Balaban J connectivity index is 1.62. The van der Waals surface area contributed by atoms with E-state index in [9.17, 15) is 5.11 Å². The van der Waals surface area contributed by atoms with Crippen LogP contribution < -0.4 is 0 Å². The second-order valence-electron chi connectivity index (χ2n) is 6.61. The molecule has 0 aliphatic rings. The third-order valence-electron chi connectivity index (χ3n) is 4.60. The summed E-state index contributed by atoms with van der Waals surface area (Å²) in [5.74, 6) is 0. The predicted octanol–water partition coefficient (Wildman–Crippen LogP) is 5.33. The van der Waals surface area contributed by atoms with Gasteiger partial charge in [-0.25, -0.2) is 0 Å². The van der Waals surface area contributed by atoms with Gasteiger partial charge in [-0.05, 0) is 29.5 Å². The van der Waals surface area contributed by atoms with Gasteiger partial charge in [-0.1, -0.05) is 91.0 Å². The van der Waals surface area contributed by atoms with Crippen molar-refractivity contribution in [2.75, 3.05) is 0 Å². The van der Waals surface area contributed by atoms with Gasteiger partial charge in [0.05, 0.1) is 18.8 Å². The van der Waals surface area contributed by atoms with E-state index in [1.165, 1.54) is 5.56 Å². The molecule has 0 amide bonds. The number of aliphatic hydroxyl groups is 1. The SMILES string of the molecule is O[C@H](C[C@H](CCc1ccccc1)OCc1ccccc1)c1ccccc1. The normalized spacial score (nSPS) is 13.3. The van der Waals surface area contributed by atoms with Crippen molar-refractivity contribution in [3.8, 4) is 0 Å². The second kappa shape index (κ2) is 9.91. The van der Waals surface area contributed by atoms with Crippen molar-refractivity contribution in [1.82, 2.24) is 0 Å². The Bertz CT molecular complexity index is 697. The molecule has 2 heteroatoms. The van der Waals surface area contributed by atoms with Gasteiger partial charge >= 0.3 is 0 Å². The Morgan fingerprint density at radius 3 is 1.85 bits per heavy atom. The molecule has 2 atom stereocenters. The van der Waals surface area contributed by atoms with Crippen molar-refractivity contribution in [1.29, 1.82) is 0 Å². The van der Waals surface area contributed by atoms with E-state index in [1.54, 1.807) is 0 Å². The Kier molecular flexibility index (Phi) is 7.00. The summed E-state index contributed by atoms with van der Waals surface area (Å²) >= 11 is 0. The molecular formula is C24H26O2. The van der Waals surface area contributed by atoms with E-state index in [2.05, 4.69) is 36.4 Å². The standard InChI is InChI=1S/C24H26O2/c25-24(22-14-8-3-9-15-22)18-23(17-16-20-10-4-1-5-11-20)26-19-21-12-6-2-7-13-21/h1-15,23-25H,16-19H2/t23-,24+/m0/s1. The van der Waals surface area contributed by atoms with E-state index >= 15 is 0 Å². The summed E-state index contributed by atoms with van der Waals surface area (Å²) in [5, 5.41) is 10.6. The molecule has 0 heterocycles. The van der Waals surface area contributed by atoms with Crippen LogP contribution >= 0.6 is 0 Å². The minimum absolute atomic E-state index is 0.00520. The van der Waals surface area contributed by atoms with Crippen LogP contribution in [-0.2, 0) is 17.8 Å². The molecule has 3 rings (SSSR count). The largest absolute Gasteiger partial charge is 0.388 e. The molecule has 134 valence electrons. The zero-order valence-corrected chi connectivity index (χ0v) is 15.0. The van der Waals surface area contributed by atoms with Crippen LogP contribution in [0.15, 0.2) is 91.0 Å². The molecule has 2 nitrogen and oxygen atoms in total. The zero-order chi connectivity index (χ0) is 18.0. The maximum atomic E-state index is 10.6. The highest BCUT2D eigenvalue weighted by Crippen LogP contribution is 2.23. The summed E-state index contributed by atoms with van der Waals surface area (Å²) < 4.78 is 6.18. The van der Waals surface area contributed by atoms with Crippen LogP contribution in [0.2, 0.25) is 0 Å². The van der Waals surface area contributed by atoms with Crippen molar-refractivity contribution in [3.05, 3.63) is 108 Å². The Labute approximate surface area is 156 Å². The van der Waals surface area contributed by atoms with Crippen molar-refractivity contribution in [2.24, 2.45) is 0 Å². The number of benzene rings is 3. The van der Waals surface area contributed by atoms with E-state index in [4.69, 9.17) is 4.74 Å². The topological polar surface area (TPSA) is 29.5 Å². The van der Waals surface area contributed by atoms with Gasteiger partial charge in [0.2, 0.25) is 0 Å². The first-order valence-corrected chi connectivity index (χ1v) is 9.24. The molecule has 0 aromatic heterocycles. The fraction of sp³-hybridized carbons (Fsp3) is 0.250. The Morgan fingerprint density at radius 2 is 1.23 bits per heavy atom. The van der Waals surface area contributed by atoms with Crippen molar-refractivity contribution in [2.45, 2.75) is 38.1 Å². The molecule has 3 aromatic rings. The molecule has 26 heavy (non-hydrogen) atoms.